The van der Waals surface area contributed by atoms with Crippen molar-refractivity contribution in [3.8, 4) is 20.9 Å². The van der Waals surface area contributed by atoms with Crippen LogP contribution in [0.1, 0.15) is 21.5 Å². The van der Waals surface area contributed by atoms with Gasteiger partial charge in [-0.25, -0.2) is 17.2 Å². The molecule has 0 unspecified atom stereocenters. The number of hydrogen-bond donors (Lipinski definition) is 1. The van der Waals surface area contributed by atoms with Crippen molar-refractivity contribution in [1.29, 1.82) is 0 Å². The minimum atomic E-state index is -4.24. The molecule has 35 heavy (non-hydrogen) atoms. The minimum Gasteiger partial charge on any atom is -0.337 e. The Labute approximate surface area is 205 Å². The van der Waals surface area contributed by atoms with Gasteiger partial charge in [0.1, 0.15) is 16.5 Å². The fourth-order valence-electron chi connectivity index (χ4n) is 4.11. The van der Waals surface area contributed by atoms with Gasteiger partial charge in [-0.15, -0.1) is 11.3 Å². The highest BCUT2D eigenvalue weighted by atomic mass is 32.2. The molecule has 178 valence electrons. The summed E-state index contributed by atoms with van der Waals surface area (Å²) in [4.78, 5) is 15.2. The van der Waals surface area contributed by atoms with Crippen molar-refractivity contribution < 1.29 is 22.0 Å². The molecule has 0 radical (unpaired) electrons. The Hall–Kier alpha value is -3.56. The number of sulfonamides is 1. The van der Waals surface area contributed by atoms with Crippen LogP contribution in [0.15, 0.2) is 71.6 Å². The molecule has 1 N–H and O–H groups in total. The van der Waals surface area contributed by atoms with Crippen LogP contribution in [0, 0.1) is 18.6 Å². The predicted octanol–water partition coefficient (Wildman–Crippen LogP) is 6.06. The van der Waals surface area contributed by atoms with Crippen molar-refractivity contribution >= 4 is 33.0 Å². The molecule has 4 aromatic rings. The van der Waals surface area contributed by atoms with Gasteiger partial charge >= 0.3 is 0 Å². The molecular weight excluding hydrogens is 490 g/mol. The number of halogens is 2. The van der Waals surface area contributed by atoms with E-state index in [1.165, 1.54) is 0 Å². The van der Waals surface area contributed by atoms with Gasteiger partial charge in [-0.3, -0.25) is 9.52 Å². The molecule has 0 atom stereocenters. The van der Waals surface area contributed by atoms with Crippen LogP contribution < -0.4 is 4.72 Å². The van der Waals surface area contributed by atoms with Crippen molar-refractivity contribution in [3.63, 3.8) is 0 Å². The van der Waals surface area contributed by atoms with E-state index in [-0.39, 0.29) is 11.6 Å². The maximum Gasteiger partial charge on any atom is 0.264 e. The average Bonchev–Trinajstić information content (AvgIpc) is 3.39. The molecule has 5 rings (SSSR count). The molecule has 1 aliphatic rings. The van der Waals surface area contributed by atoms with E-state index in [9.17, 15) is 22.0 Å². The molecule has 5 nitrogen and oxygen atoms in total. The van der Waals surface area contributed by atoms with E-state index in [2.05, 4.69) is 4.72 Å². The Balaban J connectivity index is 1.44. The summed E-state index contributed by atoms with van der Waals surface area (Å²) in [6, 6.07) is 17.2. The Morgan fingerprint density at radius 3 is 2.46 bits per heavy atom. The van der Waals surface area contributed by atoms with Gasteiger partial charge in [0.05, 0.1) is 0 Å². The van der Waals surface area contributed by atoms with E-state index < -0.39 is 26.6 Å². The number of anilines is 1. The Morgan fingerprint density at radius 1 is 0.914 bits per heavy atom. The van der Waals surface area contributed by atoms with Crippen LogP contribution in [-0.2, 0) is 16.6 Å². The number of aryl methyl sites for hydroxylation is 1. The van der Waals surface area contributed by atoms with Crippen LogP contribution in [0.5, 0.6) is 0 Å². The highest BCUT2D eigenvalue weighted by Gasteiger charge is 2.25. The lowest BCUT2D eigenvalue weighted by atomic mass is 10.0. The number of fused-ring (bicyclic) bond motifs is 1. The number of hydrogen-bond acceptors (Lipinski definition) is 4. The summed E-state index contributed by atoms with van der Waals surface area (Å²) in [5.74, 6) is -1.99. The second-order valence-corrected chi connectivity index (χ2v) is 11.1. The Kier molecular flexibility index (Phi) is 5.69. The summed E-state index contributed by atoms with van der Waals surface area (Å²) in [7, 11) is -2.47. The van der Waals surface area contributed by atoms with Gasteiger partial charge in [0.2, 0.25) is 0 Å². The fraction of sp³-hybridized carbons (Fsp3) is 0.115. The molecule has 0 bridgehead atoms. The van der Waals surface area contributed by atoms with E-state index in [4.69, 9.17) is 0 Å². The third kappa shape index (κ3) is 4.33. The van der Waals surface area contributed by atoms with Gasteiger partial charge in [0.25, 0.3) is 15.9 Å². The third-order valence-electron chi connectivity index (χ3n) is 5.92. The lowest BCUT2D eigenvalue weighted by Crippen LogP contribution is -2.17. The molecule has 3 aromatic carbocycles. The third-order valence-corrected chi connectivity index (χ3v) is 8.50. The van der Waals surface area contributed by atoms with Crippen molar-refractivity contribution in [2.75, 3.05) is 11.8 Å². The zero-order valence-corrected chi connectivity index (χ0v) is 20.4. The predicted molar refractivity (Wildman–Crippen MR) is 133 cm³/mol. The minimum absolute atomic E-state index is 0.0221. The second-order valence-electron chi connectivity index (χ2n) is 8.41. The lowest BCUT2D eigenvalue weighted by molar-refractivity contribution is 0.0816. The topological polar surface area (TPSA) is 66.5 Å². The van der Waals surface area contributed by atoms with E-state index in [0.29, 0.717) is 12.6 Å². The van der Waals surface area contributed by atoms with Crippen LogP contribution >= 0.6 is 11.3 Å². The number of benzene rings is 3. The van der Waals surface area contributed by atoms with Crippen LogP contribution in [0.2, 0.25) is 0 Å². The number of nitrogens with zero attached hydrogens (tertiary/aromatic N) is 1. The summed E-state index contributed by atoms with van der Waals surface area (Å²) >= 11 is 1.55. The maximum atomic E-state index is 14.1. The molecule has 1 aliphatic heterocycles. The summed E-state index contributed by atoms with van der Waals surface area (Å²) in [6.07, 6.45) is 0. The van der Waals surface area contributed by atoms with Crippen LogP contribution in [0.25, 0.3) is 20.9 Å². The molecule has 9 heteroatoms. The van der Waals surface area contributed by atoms with Crippen molar-refractivity contribution in [3.05, 3.63) is 95.1 Å². The van der Waals surface area contributed by atoms with Gasteiger partial charge < -0.3 is 4.90 Å². The molecule has 0 saturated carbocycles. The van der Waals surface area contributed by atoms with Gasteiger partial charge in [-0.2, -0.15) is 0 Å². The van der Waals surface area contributed by atoms with E-state index in [1.807, 2.05) is 37.3 Å². The average molecular weight is 511 g/mol. The maximum absolute atomic E-state index is 14.1. The Bertz CT molecular complexity index is 1600. The second kappa shape index (κ2) is 8.58. The quantitative estimate of drug-likeness (QED) is 0.355. The first kappa shape index (κ1) is 23.2. The molecule has 0 fully saturated rings. The van der Waals surface area contributed by atoms with Crippen LogP contribution in [-0.4, -0.2) is 26.3 Å². The Morgan fingerprint density at radius 2 is 1.69 bits per heavy atom. The largest absolute Gasteiger partial charge is 0.337 e. The van der Waals surface area contributed by atoms with Crippen molar-refractivity contribution in [1.82, 2.24) is 4.90 Å². The van der Waals surface area contributed by atoms with E-state index >= 15 is 0 Å². The highest BCUT2D eigenvalue weighted by molar-refractivity contribution is 7.92. The summed E-state index contributed by atoms with van der Waals surface area (Å²) in [5, 5.41) is 0. The number of thiophene rings is 1. The van der Waals surface area contributed by atoms with Crippen LogP contribution in [0.4, 0.5) is 14.5 Å². The summed E-state index contributed by atoms with van der Waals surface area (Å²) in [6.45, 7) is 2.50. The molecule has 2 heterocycles. The first-order chi connectivity index (χ1) is 16.6. The first-order valence-electron chi connectivity index (χ1n) is 10.7. The van der Waals surface area contributed by atoms with Gasteiger partial charge in [0, 0.05) is 40.7 Å². The molecule has 0 aliphatic carbocycles. The number of carbonyl (C=O) groups is 1. The molecule has 1 amide bonds. The monoisotopic (exact) mass is 510 g/mol. The van der Waals surface area contributed by atoms with Crippen molar-refractivity contribution in [2.24, 2.45) is 0 Å². The van der Waals surface area contributed by atoms with Gasteiger partial charge in [-0.1, -0.05) is 12.1 Å². The SMILES string of the molecule is Cc1ccc(NS(=O)(=O)c2ccc(F)cc2F)cc1-c1ccc(-c2ccc3c(c2)CN(C)C3=O)s1. The molecule has 0 spiro atoms. The van der Waals surface area contributed by atoms with Crippen LogP contribution in [0.3, 0.4) is 0 Å². The molecule has 0 saturated heterocycles. The fourth-order valence-corrected chi connectivity index (χ4v) is 6.31. The van der Waals surface area contributed by atoms with Gasteiger partial charge in [0.15, 0.2) is 0 Å². The van der Waals surface area contributed by atoms with Gasteiger partial charge in [-0.05, 0) is 77.7 Å². The van der Waals surface area contributed by atoms with Crippen molar-refractivity contribution in [2.45, 2.75) is 18.4 Å². The smallest absolute Gasteiger partial charge is 0.264 e. The zero-order chi connectivity index (χ0) is 24.9. The molecular formula is C26H20F2N2O3S2. The summed E-state index contributed by atoms with van der Waals surface area (Å²) in [5.41, 5.74) is 4.76. The number of nitrogens with one attached hydrogen (secondary N) is 1. The normalized spacial score (nSPS) is 13.3. The lowest BCUT2D eigenvalue weighted by Gasteiger charge is -2.11. The number of amides is 1. The number of carbonyl (C=O) groups excluding carboxylic acids is 1. The summed E-state index contributed by atoms with van der Waals surface area (Å²) < 4.78 is 55.0. The molecule has 1 aromatic heterocycles. The standard InChI is InChI=1S/C26H20F2N2O3S2/c1-15-3-6-19(29-35(32,33)25-10-5-18(27)12-22(25)28)13-21(15)24-9-8-23(34-24)16-4-7-20-17(11-16)14-30(2)26(20)31/h3-13,29H,14H2,1-2H3. The first-order valence-corrected chi connectivity index (χ1v) is 13.0. The zero-order valence-electron chi connectivity index (χ0n) is 18.8. The van der Waals surface area contributed by atoms with E-state index in [0.717, 1.165) is 49.7 Å². The highest BCUT2D eigenvalue weighted by Crippen LogP contribution is 2.38. The number of rotatable bonds is 5. The van der Waals surface area contributed by atoms with E-state index in [1.54, 1.807) is 41.5 Å².